The zero-order chi connectivity index (χ0) is 19.3. The van der Waals surface area contributed by atoms with Crippen molar-refractivity contribution in [1.29, 1.82) is 0 Å². The van der Waals surface area contributed by atoms with Crippen molar-refractivity contribution in [2.24, 2.45) is 5.92 Å². The molecule has 1 aromatic carbocycles. The van der Waals surface area contributed by atoms with Gasteiger partial charge in [-0.1, -0.05) is 12.1 Å². The van der Waals surface area contributed by atoms with Crippen LogP contribution in [-0.4, -0.2) is 21.5 Å². The quantitative estimate of drug-likeness (QED) is 0.559. The molecule has 28 heavy (non-hydrogen) atoms. The molecule has 7 heteroatoms. The van der Waals surface area contributed by atoms with Crippen LogP contribution in [-0.2, 0) is 4.79 Å². The monoisotopic (exact) mass is 379 g/mol. The van der Waals surface area contributed by atoms with Gasteiger partial charge in [-0.2, -0.15) is 0 Å². The van der Waals surface area contributed by atoms with Crippen LogP contribution in [0.5, 0.6) is 0 Å². The van der Waals surface area contributed by atoms with Gasteiger partial charge >= 0.3 is 0 Å². The number of fused-ring (bicyclic) bond motifs is 1. The van der Waals surface area contributed by atoms with Crippen molar-refractivity contribution in [2.45, 2.75) is 12.6 Å². The maximum atomic E-state index is 14.5. The molecule has 5 rings (SSSR count). The molecule has 3 heterocycles. The molecule has 1 aliphatic rings. The van der Waals surface area contributed by atoms with E-state index in [1.54, 1.807) is 41.1 Å². The highest BCUT2D eigenvalue weighted by atomic mass is 19.1. The third-order valence-electron chi connectivity index (χ3n) is 4.84. The van der Waals surface area contributed by atoms with E-state index in [2.05, 4.69) is 10.3 Å². The van der Waals surface area contributed by atoms with Crippen LogP contribution in [0.15, 0.2) is 65.5 Å². The zero-order valence-electron chi connectivity index (χ0n) is 14.6. The van der Waals surface area contributed by atoms with E-state index < -0.39 is 12.1 Å². The number of carbonyl (C=O) groups is 1. The van der Waals surface area contributed by atoms with Crippen LogP contribution >= 0.6 is 0 Å². The fourth-order valence-corrected chi connectivity index (χ4v) is 3.30. The van der Waals surface area contributed by atoms with Crippen molar-refractivity contribution < 1.29 is 18.0 Å². The van der Waals surface area contributed by atoms with E-state index in [1.165, 1.54) is 12.3 Å². The number of rotatable bonds is 4. The summed E-state index contributed by atoms with van der Waals surface area (Å²) in [4.78, 5) is 16.2. The third-order valence-corrected chi connectivity index (χ3v) is 4.84. The lowest BCUT2D eigenvalue weighted by atomic mass is 9.99. The van der Waals surface area contributed by atoms with E-state index in [-0.39, 0.29) is 18.1 Å². The number of benzene rings is 1. The standard InChI is InChI=1S/C21H15F2N3O2/c22-15-4-1-3-13(20(15)17-5-2-8-28-17)12-6-7-19-24-18(11-26(19)10-12)25-21(27)14-9-16(14)23/h1-8,10-11,14,16H,9H2,(H,25,27)/t14-,16+/m1/s1. The number of halogens is 2. The molecule has 5 nitrogen and oxygen atoms in total. The van der Waals surface area contributed by atoms with E-state index in [0.717, 1.165) is 5.56 Å². The Morgan fingerprint density at radius 1 is 1.18 bits per heavy atom. The van der Waals surface area contributed by atoms with Crippen LogP contribution in [0.4, 0.5) is 14.6 Å². The Hall–Kier alpha value is -3.48. The minimum absolute atomic E-state index is 0.262. The number of furan rings is 1. The van der Waals surface area contributed by atoms with Crippen molar-refractivity contribution in [2.75, 3.05) is 5.32 Å². The number of anilines is 1. The average Bonchev–Trinajstić information content (AvgIpc) is 3.08. The number of amides is 1. The number of carbonyl (C=O) groups excluding carboxylic acids is 1. The van der Waals surface area contributed by atoms with E-state index in [9.17, 15) is 13.6 Å². The molecule has 0 radical (unpaired) electrons. The Kier molecular flexibility index (Phi) is 3.75. The Balaban J connectivity index is 1.52. The Labute approximate surface area is 158 Å². The molecule has 2 atom stereocenters. The second kappa shape index (κ2) is 6.30. The van der Waals surface area contributed by atoms with Gasteiger partial charge in [0.15, 0.2) is 5.82 Å². The molecule has 3 aromatic heterocycles. The largest absolute Gasteiger partial charge is 0.464 e. The van der Waals surface area contributed by atoms with Gasteiger partial charge < -0.3 is 14.1 Å². The number of nitrogens with zero attached hydrogens (tertiary/aromatic N) is 2. The molecule has 140 valence electrons. The third kappa shape index (κ3) is 2.85. The maximum Gasteiger partial charge on any atom is 0.231 e. The smallest absolute Gasteiger partial charge is 0.231 e. The number of imidazole rings is 1. The molecule has 0 saturated heterocycles. The van der Waals surface area contributed by atoms with Gasteiger partial charge in [0.1, 0.15) is 23.4 Å². The number of alkyl halides is 1. The van der Waals surface area contributed by atoms with Crippen molar-refractivity contribution in [3.8, 4) is 22.5 Å². The van der Waals surface area contributed by atoms with Crippen LogP contribution in [0.3, 0.4) is 0 Å². The summed E-state index contributed by atoms with van der Waals surface area (Å²) in [6, 6.07) is 11.9. The Morgan fingerprint density at radius 3 is 2.79 bits per heavy atom. The molecule has 1 fully saturated rings. The second-order valence-corrected chi connectivity index (χ2v) is 6.80. The molecule has 0 unspecified atom stereocenters. The van der Waals surface area contributed by atoms with Crippen molar-refractivity contribution >= 4 is 17.4 Å². The lowest BCUT2D eigenvalue weighted by Gasteiger charge is -2.09. The fourth-order valence-electron chi connectivity index (χ4n) is 3.30. The highest BCUT2D eigenvalue weighted by Gasteiger charge is 2.43. The lowest BCUT2D eigenvalue weighted by molar-refractivity contribution is -0.117. The summed E-state index contributed by atoms with van der Waals surface area (Å²) in [6.07, 6.45) is 4.16. The normalized spacial score (nSPS) is 18.4. The van der Waals surface area contributed by atoms with Crippen LogP contribution in [0, 0.1) is 11.7 Å². The van der Waals surface area contributed by atoms with Gasteiger partial charge in [0, 0.05) is 6.20 Å². The summed E-state index contributed by atoms with van der Waals surface area (Å²) < 4.78 is 34.7. The average molecular weight is 379 g/mol. The zero-order valence-corrected chi connectivity index (χ0v) is 14.6. The fraction of sp³-hybridized carbons (Fsp3) is 0.143. The van der Waals surface area contributed by atoms with Crippen LogP contribution in [0.2, 0.25) is 0 Å². The summed E-state index contributed by atoms with van der Waals surface area (Å²) in [6.45, 7) is 0. The number of hydrogen-bond donors (Lipinski definition) is 1. The van der Waals surface area contributed by atoms with Crippen molar-refractivity contribution in [3.05, 3.63) is 66.9 Å². The van der Waals surface area contributed by atoms with Crippen LogP contribution in [0.1, 0.15) is 6.42 Å². The summed E-state index contributed by atoms with van der Waals surface area (Å²) in [7, 11) is 0. The number of hydrogen-bond acceptors (Lipinski definition) is 3. The minimum Gasteiger partial charge on any atom is -0.464 e. The SMILES string of the molecule is O=C(Nc1cn2cc(-c3cccc(F)c3-c3ccco3)ccc2n1)[C@@H]1C[C@@H]1F. The Morgan fingerprint density at radius 2 is 2.04 bits per heavy atom. The molecule has 0 spiro atoms. The number of aromatic nitrogens is 2. The van der Waals surface area contributed by atoms with Gasteiger partial charge in [-0.15, -0.1) is 0 Å². The molecule has 1 saturated carbocycles. The highest BCUT2D eigenvalue weighted by Crippen LogP contribution is 2.36. The topological polar surface area (TPSA) is 59.5 Å². The van der Waals surface area contributed by atoms with Gasteiger partial charge in [0.05, 0.1) is 23.9 Å². The highest BCUT2D eigenvalue weighted by molar-refractivity contribution is 5.94. The van der Waals surface area contributed by atoms with E-state index in [0.29, 0.717) is 28.4 Å². The molecule has 1 aliphatic carbocycles. The van der Waals surface area contributed by atoms with Crippen LogP contribution < -0.4 is 5.32 Å². The Bertz CT molecular complexity index is 1180. The van der Waals surface area contributed by atoms with Gasteiger partial charge in [-0.05, 0) is 47.9 Å². The van der Waals surface area contributed by atoms with Crippen LogP contribution in [0.25, 0.3) is 28.1 Å². The summed E-state index contributed by atoms with van der Waals surface area (Å²) in [5, 5.41) is 2.64. The van der Waals surface area contributed by atoms with E-state index in [1.807, 2.05) is 12.1 Å². The summed E-state index contributed by atoms with van der Waals surface area (Å²) in [5.41, 5.74) is 2.43. The maximum absolute atomic E-state index is 14.5. The molecular formula is C21H15F2N3O2. The lowest BCUT2D eigenvalue weighted by Crippen LogP contribution is -2.15. The van der Waals surface area contributed by atoms with Gasteiger partial charge in [-0.25, -0.2) is 13.8 Å². The van der Waals surface area contributed by atoms with Gasteiger partial charge in [0.25, 0.3) is 0 Å². The van der Waals surface area contributed by atoms with Crippen molar-refractivity contribution in [3.63, 3.8) is 0 Å². The number of pyridine rings is 1. The van der Waals surface area contributed by atoms with Gasteiger partial charge in [0.2, 0.25) is 5.91 Å². The molecular weight excluding hydrogens is 364 g/mol. The predicted molar refractivity (Wildman–Crippen MR) is 99.9 cm³/mol. The van der Waals surface area contributed by atoms with E-state index >= 15 is 0 Å². The van der Waals surface area contributed by atoms with E-state index in [4.69, 9.17) is 4.42 Å². The molecule has 0 aliphatic heterocycles. The first kappa shape index (κ1) is 16.7. The summed E-state index contributed by atoms with van der Waals surface area (Å²) in [5.74, 6) is -0.523. The van der Waals surface area contributed by atoms with Crippen molar-refractivity contribution in [1.82, 2.24) is 9.38 Å². The first-order valence-corrected chi connectivity index (χ1v) is 8.86. The second-order valence-electron chi connectivity index (χ2n) is 6.80. The first-order valence-electron chi connectivity index (χ1n) is 8.86. The minimum atomic E-state index is -1.06. The molecule has 1 N–H and O–H groups in total. The molecule has 4 aromatic rings. The summed E-state index contributed by atoms with van der Waals surface area (Å²) >= 11 is 0. The predicted octanol–water partition coefficient (Wildman–Crippen LogP) is 4.70. The first-order chi connectivity index (χ1) is 13.6. The molecule has 0 bridgehead atoms. The number of nitrogens with one attached hydrogen (secondary N) is 1. The van der Waals surface area contributed by atoms with Gasteiger partial charge in [-0.3, -0.25) is 4.79 Å². The molecule has 1 amide bonds.